The molecule has 1 aliphatic rings. The molecule has 0 amide bonds. The Balaban J connectivity index is 1.99. The molecule has 1 fully saturated rings. The Morgan fingerprint density at radius 3 is 2.82 bits per heavy atom. The van der Waals surface area contributed by atoms with E-state index < -0.39 is 0 Å². The van der Waals surface area contributed by atoms with Gasteiger partial charge in [-0.2, -0.15) is 5.26 Å². The van der Waals surface area contributed by atoms with Crippen molar-refractivity contribution >= 4 is 11.8 Å². The molecule has 0 aliphatic heterocycles. The normalized spacial score (nSPS) is 17.6. The van der Waals surface area contributed by atoms with Crippen molar-refractivity contribution in [3.8, 4) is 6.07 Å². The number of thioether (sulfide) groups is 1. The van der Waals surface area contributed by atoms with Crippen molar-refractivity contribution in [2.45, 2.75) is 56.1 Å². The summed E-state index contributed by atoms with van der Waals surface area (Å²) in [6.45, 7) is 0. The van der Waals surface area contributed by atoms with E-state index in [0.717, 1.165) is 10.9 Å². The lowest BCUT2D eigenvalue weighted by molar-refractivity contribution is 0.416. The van der Waals surface area contributed by atoms with E-state index in [9.17, 15) is 0 Å². The van der Waals surface area contributed by atoms with Gasteiger partial charge in [-0.15, -0.1) is 0 Å². The van der Waals surface area contributed by atoms with Crippen LogP contribution in [-0.2, 0) is 0 Å². The summed E-state index contributed by atoms with van der Waals surface area (Å²) in [5, 5.41) is 9.65. The van der Waals surface area contributed by atoms with Crippen LogP contribution < -0.4 is 0 Å². The highest BCUT2D eigenvalue weighted by Gasteiger charge is 2.16. The van der Waals surface area contributed by atoms with Crippen LogP contribution in [0, 0.1) is 11.3 Å². The summed E-state index contributed by atoms with van der Waals surface area (Å²) >= 11 is 1.71. The molecule has 1 aliphatic carbocycles. The van der Waals surface area contributed by atoms with E-state index in [1.54, 1.807) is 11.8 Å². The second-order valence-electron chi connectivity index (χ2n) is 4.52. The minimum absolute atomic E-state index is 0.599. The minimum Gasteiger partial charge on any atom is -0.323 e. The van der Waals surface area contributed by atoms with E-state index in [0.29, 0.717) is 12.5 Å². The molecule has 0 saturated heterocycles. The molecule has 0 spiro atoms. The summed E-state index contributed by atoms with van der Waals surface area (Å²) in [6.07, 6.45) is 12.6. The third-order valence-electron chi connectivity index (χ3n) is 3.30. The average Bonchev–Trinajstić information content (AvgIpc) is 2.63. The topological polar surface area (TPSA) is 41.6 Å². The molecule has 3 nitrogen and oxygen atoms in total. The zero-order valence-corrected chi connectivity index (χ0v) is 11.0. The standard InChI is InChI=1S/C13H19N3S/c14-8-5-11-17-13-15-9-10-16(13)12-6-3-1-2-4-7-12/h9-10,12H,1-7,11H2. The van der Waals surface area contributed by atoms with Crippen LogP contribution in [0.1, 0.15) is 51.0 Å². The highest BCUT2D eigenvalue weighted by Crippen LogP contribution is 2.30. The Labute approximate surface area is 107 Å². The highest BCUT2D eigenvalue weighted by molar-refractivity contribution is 7.99. The van der Waals surface area contributed by atoms with Crippen molar-refractivity contribution in [3.05, 3.63) is 12.4 Å². The van der Waals surface area contributed by atoms with Crippen LogP contribution in [0.4, 0.5) is 0 Å². The first-order valence-electron chi connectivity index (χ1n) is 6.44. The van der Waals surface area contributed by atoms with E-state index in [2.05, 4.69) is 21.8 Å². The van der Waals surface area contributed by atoms with Gasteiger partial charge in [0.05, 0.1) is 6.07 Å². The molecule has 92 valence electrons. The van der Waals surface area contributed by atoms with Gasteiger partial charge in [-0.1, -0.05) is 37.4 Å². The number of nitriles is 1. The summed E-state index contributed by atoms with van der Waals surface area (Å²) in [6, 6.07) is 2.81. The number of hydrogen-bond donors (Lipinski definition) is 0. The number of rotatable bonds is 4. The van der Waals surface area contributed by atoms with Gasteiger partial charge in [0.15, 0.2) is 5.16 Å². The first-order valence-corrected chi connectivity index (χ1v) is 7.43. The minimum atomic E-state index is 0.599. The smallest absolute Gasteiger partial charge is 0.168 e. The summed E-state index contributed by atoms with van der Waals surface area (Å²) in [5.74, 6) is 0.847. The van der Waals surface area contributed by atoms with Gasteiger partial charge < -0.3 is 4.57 Å². The lowest BCUT2D eigenvalue weighted by Gasteiger charge is -2.18. The Hall–Kier alpha value is -0.950. The second kappa shape index (κ2) is 6.70. The quantitative estimate of drug-likeness (QED) is 0.463. The maximum atomic E-state index is 8.56. The van der Waals surface area contributed by atoms with Crippen molar-refractivity contribution in [2.75, 3.05) is 5.75 Å². The summed E-state index contributed by atoms with van der Waals surface area (Å²) in [7, 11) is 0. The van der Waals surface area contributed by atoms with Crippen molar-refractivity contribution < 1.29 is 0 Å². The third kappa shape index (κ3) is 3.50. The SMILES string of the molecule is N#CCCSc1nccn1C1CCCCCC1. The molecule has 0 aromatic carbocycles. The molecule has 0 bridgehead atoms. The molecular formula is C13H19N3S. The van der Waals surface area contributed by atoms with E-state index >= 15 is 0 Å². The lowest BCUT2D eigenvalue weighted by Crippen LogP contribution is -2.08. The van der Waals surface area contributed by atoms with Crippen molar-refractivity contribution in [3.63, 3.8) is 0 Å². The van der Waals surface area contributed by atoms with Gasteiger partial charge >= 0.3 is 0 Å². The van der Waals surface area contributed by atoms with Gasteiger partial charge in [-0.25, -0.2) is 4.98 Å². The molecule has 1 aromatic heterocycles. The van der Waals surface area contributed by atoms with Gasteiger partial charge in [0.25, 0.3) is 0 Å². The molecule has 17 heavy (non-hydrogen) atoms. The fourth-order valence-corrected chi connectivity index (χ4v) is 3.28. The van der Waals surface area contributed by atoms with Crippen LogP contribution >= 0.6 is 11.8 Å². The van der Waals surface area contributed by atoms with Crippen LogP contribution in [0.3, 0.4) is 0 Å². The Kier molecular flexibility index (Phi) is 4.93. The molecule has 1 heterocycles. The number of nitrogens with zero attached hydrogens (tertiary/aromatic N) is 3. The predicted octanol–water partition coefficient (Wildman–Crippen LogP) is 3.78. The monoisotopic (exact) mass is 249 g/mol. The van der Waals surface area contributed by atoms with Gasteiger partial charge in [0.1, 0.15) is 0 Å². The Morgan fingerprint density at radius 1 is 1.35 bits per heavy atom. The average molecular weight is 249 g/mol. The lowest BCUT2D eigenvalue weighted by atomic mass is 10.1. The predicted molar refractivity (Wildman–Crippen MR) is 69.9 cm³/mol. The maximum Gasteiger partial charge on any atom is 0.168 e. The van der Waals surface area contributed by atoms with Gasteiger partial charge in [0.2, 0.25) is 0 Å². The van der Waals surface area contributed by atoms with Crippen molar-refractivity contribution in [1.29, 1.82) is 5.26 Å². The molecule has 4 heteroatoms. The van der Waals surface area contributed by atoms with Crippen LogP contribution in [0.25, 0.3) is 0 Å². The number of aromatic nitrogens is 2. The fraction of sp³-hybridized carbons (Fsp3) is 0.692. The highest BCUT2D eigenvalue weighted by atomic mass is 32.2. The molecule has 0 atom stereocenters. The molecular weight excluding hydrogens is 230 g/mol. The summed E-state index contributed by atoms with van der Waals surface area (Å²) in [4.78, 5) is 4.41. The summed E-state index contributed by atoms with van der Waals surface area (Å²) < 4.78 is 2.33. The third-order valence-corrected chi connectivity index (χ3v) is 4.28. The largest absolute Gasteiger partial charge is 0.323 e. The first-order chi connectivity index (χ1) is 8.42. The maximum absolute atomic E-state index is 8.56. The number of imidazole rings is 1. The zero-order valence-electron chi connectivity index (χ0n) is 10.1. The van der Waals surface area contributed by atoms with E-state index in [4.69, 9.17) is 5.26 Å². The van der Waals surface area contributed by atoms with Crippen LogP contribution in [-0.4, -0.2) is 15.3 Å². The van der Waals surface area contributed by atoms with E-state index in [1.807, 2.05) is 6.20 Å². The molecule has 0 unspecified atom stereocenters. The van der Waals surface area contributed by atoms with E-state index in [-0.39, 0.29) is 0 Å². The zero-order chi connectivity index (χ0) is 11.9. The number of hydrogen-bond acceptors (Lipinski definition) is 3. The van der Waals surface area contributed by atoms with Gasteiger partial charge in [-0.05, 0) is 12.8 Å². The second-order valence-corrected chi connectivity index (χ2v) is 5.58. The molecule has 0 radical (unpaired) electrons. The van der Waals surface area contributed by atoms with Gasteiger partial charge in [-0.3, -0.25) is 0 Å². The first kappa shape index (κ1) is 12.5. The Morgan fingerprint density at radius 2 is 2.12 bits per heavy atom. The van der Waals surface area contributed by atoms with Crippen molar-refractivity contribution in [2.24, 2.45) is 0 Å². The van der Waals surface area contributed by atoms with Crippen LogP contribution in [0.15, 0.2) is 17.6 Å². The molecule has 1 aromatic rings. The van der Waals surface area contributed by atoms with Crippen molar-refractivity contribution in [1.82, 2.24) is 9.55 Å². The summed E-state index contributed by atoms with van der Waals surface area (Å²) in [5.41, 5.74) is 0. The van der Waals surface area contributed by atoms with Crippen LogP contribution in [0.2, 0.25) is 0 Å². The molecule has 1 saturated carbocycles. The Bertz CT molecular complexity index is 372. The van der Waals surface area contributed by atoms with E-state index in [1.165, 1.54) is 38.5 Å². The van der Waals surface area contributed by atoms with Gasteiger partial charge in [0, 0.05) is 30.6 Å². The molecule has 2 rings (SSSR count). The molecule has 0 N–H and O–H groups in total. The van der Waals surface area contributed by atoms with Crippen LogP contribution in [0.5, 0.6) is 0 Å². The fourth-order valence-electron chi connectivity index (χ4n) is 2.41.